The zero-order chi connectivity index (χ0) is 23.5. The Kier molecular flexibility index (Phi) is 8.15. The van der Waals surface area contributed by atoms with Gasteiger partial charge in [-0.2, -0.15) is 0 Å². The summed E-state index contributed by atoms with van der Waals surface area (Å²) in [5.41, 5.74) is 0. The molecule has 2 aliphatic heterocycles. The highest BCUT2D eigenvalue weighted by molar-refractivity contribution is 8.14. The van der Waals surface area contributed by atoms with Gasteiger partial charge in [0.15, 0.2) is 10.3 Å². The second-order valence-corrected chi connectivity index (χ2v) is 11.8. The lowest BCUT2D eigenvalue weighted by Crippen LogP contribution is -2.45. The molecule has 184 valence electrons. The van der Waals surface area contributed by atoms with Crippen molar-refractivity contribution in [3.8, 4) is 0 Å². The summed E-state index contributed by atoms with van der Waals surface area (Å²) in [5, 5.41) is 18.8. The lowest BCUT2D eigenvalue weighted by atomic mass is 9.84. The highest BCUT2D eigenvalue weighted by Gasteiger charge is 2.46. The molecule has 2 saturated carbocycles. The second kappa shape index (κ2) is 10.9. The van der Waals surface area contributed by atoms with Crippen molar-refractivity contribution in [2.24, 2.45) is 11.8 Å². The van der Waals surface area contributed by atoms with Crippen molar-refractivity contribution in [3.05, 3.63) is 0 Å². The van der Waals surface area contributed by atoms with E-state index in [9.17, 15) is 9.59 Å². The van der Waals surface area contributed by atoms with Gasteiger partial charge in [-0.25, -0.2) is 0 Å². The van der Waals surface area contributed by atoms with Gasteiger partial charge in [-0.1, -0.05) is 23.5 Å². The summed E-state index contributed by atoms with van der Waals surface area (Å²) in [6.07, 6.45) is 6.03. The summed E-state index contributed by atoms with van der Waals surface area (Å²) in [5.74, 6) is -0.233. The third kappa shape index (κ3) is 5.31. The predicted octanol–water partition coefficient (Wildman–Crippen LogP) is 3.54. The number of rotatable bonds is 8. The van der Waals surface area contributed by atoms with Crippen molar-refractivity contribution in [1.29, 1.82) is 10.8 Å². The topological polar surface area (TPSA) is 107 Å². The summed E-state index contributed by atoms with van der Waals surface area (Å²) < 4.78 is 10.4. The molecule has 33 heavy (non-hydrogen) atoms. The van der Waals surface area contributed by atoms with Gasteiger partial charge in [-0.3, -0.25) is 20.4 Å². The van der Waals surface area contributed by atoms with E-state index in [1.807, 2.05) is 13.8 Å². The van der Waals surface area contributed by atoms with Crippen LogP contribution < -0.4 is 0 Å². The number of carbonyl (C=O) groups is 2. The first-order valence-corrected chi connectivity index (χ1v) is 14.1. The normalized spacial score (nSPS) is 33.6. The molecule has 0 spiro atoms. The van der Waals surface area contributed by atoms with Gasteiger partial charge < -0.3 is 19.3 Å². The second-order valence-electron chi connectivity index (χ2n) is 9.32. The quantitative estimate of drug-likeness (QED) is 0.492. The maximum absolute atomic E-state index is 12.2. The van der Waals surface area contributed by atoms with Crippen LogP contribution in [0.4, 0.5) is 0 Å². The van der Waals surface area contributed by atoms with Gasteiger partial charge in [0.1, 0.15) is 0 Å². The van der Waals surface area contributed by atoms with E-state index in [0.717, 1.165) is 58.0 Å². The summed E-state index contributed by atoms with van der Waals surface area (Å²) in [6, 6.07) is 0.654. The smallest absolute Gasteiger partial charge is 0.308 e. The monoisotopic (exact) mass is 496 g/mol. The number of hydrogen-bond donors (Lipinski definition) is 2. The number of fused-ring (bicyclic) bond motifs is 2. The van der Waals surface area contributed by atoms with E-state index in [0.29, 0.717) is 46.1 Å². The minimum absolute atomic E-state index is 0.0322. The molecule has 2 N–H and O–H groups in total. The van der Waals surface area contributed by atoms with E-state index in [2.05, 4.69) is 9.80 Å². The number of esters is 2. The first kappa shape index (κ1) is 24.7. The lowest BCUT2D eigenvalue weighted by Gasteiger charge is -2.36. The Morgan fingerprint density at radius 3 is 1.64 bits per heavy atom. The summed E-state index contributed by atoms with van der Waals surface area (Å²) in [6.45, 7) is 6.17. The molecular formula is C23H36N4O4S2. The van der Waals surface area contributed by atoms with Crippen molar-refractivity contribution in [3.63, 3.8) is 0 Å². The van der Waals surface area contributed by atoms with Crippen molar-refractivity contribution in [2.45, 2.75) is 81.4 Å². The van der Waals surface area contributed by atoms with Crippen molar-refractivity contribution in [2.75, 3.05) is 26.3 Å². The van der Waals surface area contributed by atoms with Gasteiger partial charge in [0.2, 0.25) is 0 Å². The van der Waals surface area contributed by atoms with Crippen LogP contribution in [0.1, 0.15) is 58.8 Å². The van der Waals surface area contributed by atoms with Crippen molar-refractivity contribution < 1.29 is 19.1 Å². The van der Waals surface area contributed by atoms with Gasteiger partial charge >= 0.3 is 11.9 Å². The summed E-state index contributed by atoms with van der Waals surface area (Å²) in [4.78, 5) is 28.7. The zero-order valence-corrected chi connectivity index (χ0v) is 21.2. The standard InChI is InChI=1S/C23H36N4O4S2/c1-3-30-20(28)14-6-8-16-18(12-14)32-22(24)26(16)10-5-11-27-17-9-7-15(21(29)31-4-2)13-19(17)33-23(27)25/h14-19,24-25H,3-13H2,1-2H3. The number of carbonyl (C=O) groups excluding carboxylic acids is 2. The number of amidine groups is 2. The average Bonchev–Trinajstić information content (AvgIpc) is 3.28. The van der Waals surface area contributed by atoms with E-state index in [1.54, 1.807) is 23.5 Å². The van der Waals surface area contributed by atoms with Crippen LogP contribution in [0.25, 0.3) is 0 Å². The van der Waals surface area contributed by atoms with Crippen LogP contribution in [0.2, 0.25) is 0 Å². The fraction of sp³-hybridized carbons (Fsp3) is 0.826. The molecule has 0 aromatic rings. The zero-order valence-electron chi connectivity index (χ0n) is 19.6. The maximum atomic E-state index is 12.2. The fourth-order valence-electron chi connectivity index (χ4n) is 5.81. The van der Waals surface area contributed by atoms with Crippen LogP contribution in [0.3, 0.4) is 0 Å². The van der Waals surface area contributed by atoms with Crippen LogP contribution >= 0.6 is 23.5 Å². The molecule has 4 rings (SSSR count). The minimum atomic E-state index is -0.0844. The minimum Gasteiger partial charge on any atom is -0.466 e. The first-order chi connectivity index (χ1) is 15.9. The molecule has 4 fully saturated rings. The highest BCUT2D eigenvalue weighted by Crippen LogP contribution is 2.44. The molecule has 0 bridgehead atoms. The molecule has 6 unspecified atom stereocenters. The summed E-state index contributed by atoms with van der Waals surface area (Å²) in [7, 11) is 0. The van der Waals surface area contributed by atoms with Gasteiger partial charge in [0.05, 0.1) is 25.0 Å². The summed E-state index contributed by atoms with van der Waals surface area (Å²) >= 11 is 3.21. The Hall–Kier alpha value is -1.42. The van der Waals surface area contributed by atoms with Crippen LogP contribution in [-0.2, 0) is 19.1 Å². The molecule has 0 aromatic carbocycles. The molecule has 6 atom stereocenters. The van der Waals surface area contributed by atoms with E-state index < -0.39 is 0 Å². The van der Waals surface area contributed by atoms with Crippen LogP contribution in [0.5, 0.6) is 0 Å². The van der Waals surface area contributed by atoms with E-state index in [1.165, 1.54) is 0 Å². The number of thioether (sulfide) groups is 2. The Balaban J connectivity index is 1.26. The van der Waals surface area contributed by atoms with Gasteiger partial charge in [0.25, 0.3) is 0 Å². The van der Waals surface area contributed by atoms with E-state index >= 15 is 0 Å². The highest BCUT2D eigenvalue weighted by atomic mass is 32.2. The van der Waals surface area contributed by atoms with E-state index in [4.69, 9.17) is 20.3 Å². The average molecular weight is 497 g/mol. The predicted molar refractivity (Wildman–Crippen MR) is 132 cm³/mol. The molecule has 8 nitrogen and oxygen atoms in total. The van der Waals surface area contributed by atoms with Gasteiger partial charge in [-0.15, -0.1) is 0 Å². The third-order valence-electron chi connectivity index (χ3n) is 7.40. The third-order valence-corrected chi connectivity index (χ3v) is 9.93. The number of ether oxygens (including phenoxy) is 2. The molecular weight excluding hydrogens is 460 g/mol. The Bertz CT molecular complexity index is 720. The van der Waals surface area contributed by atoms with E-state index in [-0.39, 0.29) is 23.8 Å². The number of nitrogens with zero attached hydrogens (tertiary/aromatic N) is 2. The lowest BCUT2D eigenvalue weighted by molar-refractivity contribution is -0.150. The maximum Gasteiger partial charge on any atom is 0.308 e. The Morgan fingerprint density at radius 2 is 1.24 bits per heavy atom. The van der Waals surface area contributed by atoms with Gasteiger partial charge in [0, 0.05) is 35.7 Å². The van der Waals surface area contributed by atoms with Crippen LogP contribution in [0.15, 0.2) is 0 Å². The SMILES string of the molecule is CCOC(=O)C1CCC2C(C1)SC(=N)N2CCCN1C(=N)SC2CC(C(=O)OCC)CCC21. The molecule has 2 aliphatic carbocycles. The van der Waals surface area contributed by atoms with Crippen LogP contribution in [0, 0.1) is 22.7 Å². The van der Waals surface area contributed by atoms with Crippen LogP contribution in [-0.4, -0.2) is 81.0 Å². The molecule has 0 amide bonds. The van der Waals surface area contributed by atoms with Crippen molar-refractivity contribution in [1.82, 2.24) is 9.80 Å². The molecule has 2 heterocycles. The van der Waals surface area contributed by atoms with Gasteiger partial charge in [-0.05, 0) is 58.8 Å². The first-order valence-electron chi connectivity index (χ1n) is 12.3. The largest absolute Gasteiger partial charge is 0.466 e. The molecule has 4 aliphatic rings. The number of hydrogen-bond acceptors (Lipinski definition) is 8. The number of nitrogens with one attached hydrogen (secondary N) is 2. The molecule has 0 radical (unpaired) electrons. The Morgan fingerprint density at radius 1 is 0.818 bits per heavy atom. The molecule has 10 heteroatoms. The van der Waals surface area contributed by atoms with Crippen molar-refractivity contribution >= 4 is 45.8 Å². The Labute approximate surface area is 204 Å². The fourth-order valence-corrected chi connectivity index (χ4v) is 8.65. The molecule has 0 aromatic heterocycles. The molecule has 2 saturated heterocycles.